The first-order valence-electron chi connectivity index (χ1n) is 6.13. The number of Topliss-reactive ketones (excluding diaryl/α,β-unsaturated/α-hetero) is 1. The first-order valence-corrected chi connectivity index (χ1v) is 6.13. The molecule has 1 aliphatic rings. The zero-order valence-electron chi connectivity index (χ0n) is 10.8. The van der Waals surface area contributed by atoms with Gasteiger partial charge in [0.25, 0.3) is 0 Å². The highest BCUT2D eigenvalue weighted by Gasteiger charge is 2.33. The van der Waals surface area contributed by atoms with Gasteiger partial charge in [-0.05, 0) is 14.1 Å². The Morgan fingerprint density at radius 2 is 2.00 bits per heavy atom. The standard InChI is InChI=1S/C14H15N3O2/c1-17(2)7-10-15-11-8-5-3-4-6-9(8)13(18)14(19)12(11)16-10/h3-6,14,19H,7H2,1-2H3,(H,15,16). The van der Waals surface area contributed by atoms with Crippen LogP contribution in [-0.4, -0.2) is 39.9 Å². The van der Waals surface area contributed by atoms with Crippen molar-refractivity contribution in [2.24, 2.45) is 0 Å². The van der Waals surface area contributed by atoms with Gasteiger partial charge in [0.2, 0.25) is 0 Å². The van der Waals surface area contributed by atoms with E-state index < -0.39 is 6.10 Å². The fourth-order valence-electron chi connectivity index (χ4n) is 2.40. The molecule has 0 saturated heterocycles. The minimum absolute atomic E-state index is 0.275. The van der Waals surface area contributed by atoms with Crippen molar-refractivity contribution in [2.75, 3.05) is 14.1 Å². The van der Waals surface area contributed by atoms with Crippen molar-refractivity contribution in [1.82, 2.24) is 14.9 Å². The molecule has 1 aromatic heterocycles. The Bertz CT molecular complexity index is 646. The molecule has 1 atom stereocenters. The van der Waals surface area contributed by atoms with Crippen LogP contribution in [0.4, 0.5) is 0 Å². The lowest BCUT2D eigenvalue weighted by atomic mass is 9.89. The molecule has 0 spiro atoms. The van der Waals surface area contributed by atoms with Crippen LogP contribution in [0.1, 0.15) is 28.0 Å². The molecule has 0 saturated carbocycles. The van der Waals surface area contributed by atoms with Gasteiger partial charge in [-0.2, -0.15) is 0 Å². The fourth-order valence-corrected chi connectivity index (χ4v) is 2.40. The summed E-state index contributed by atoms with van der Waals surface area (Å²) in [6, 6.07) is 7.25. The number of carbonyl (C=O) groups is 1. The number of aromatic amines is 1. The van der Waals surface area contributed by atoms with Crippen LogP contribution in [0.25, 0.3) is 11.3 Å². The number of aromatic nitrogens is 2. The lowest BCUT2D eigenvalue weighted by Gasteiger charge is -2.18. The van der Waals surface area contributed by atoms with E-state index in [1.54, 1.807) is 12.1 Å². The Morgan fingerprint density at radius 1 is 1.32 bits per heavy atom. The van der Waals surface area contributed by atoms with Crippen LogP contribution >= 0.6 is 0 Å². The number of nitrogens with zero attached hydrogens (tertiary/aromatic N) is 2. The van der Waals surface area contributed by atoms with Crippen LogP contribution in [0.5, 0.6) is 0 Å². The molecule has 0 fully saturated rings. The fraction of sp³-hybridized carbons (Fsp3) is 0.286. The Labute approximate surface area is 110 Å². The van der Waals surface area contributed by atoms with E-state index in [0.717, 1.165) is 11.4 Å². The number of aliphatic hydroxyl groups is 1. The maximum Gasteiger partial charge on any atom is 0.198 e. The molecule has 0 bridgehead atoms. The number of hydrogen-bond acceptors (Lipinski definition) is 4. The molecule has 2 N–H and O–H groups in total. The summed E-state index contributed by atoms with van der Waals surface area (Å²) in [5, 5.41) is 10.1. The molecule has 1 heterocycles. The highest BCUT2D eigenvalue weighted by Crippen LogP contribution is 2.36. The summed E-state index contributed by atoms with van der Waals surface area (Å²) in [4.78, 5) is 21.6. The molecule has 1 aliphatic carbocycles. The number of aliphatic hydroxyl groups excluding tert-OH is 1. The van der Waals surface area contributed by atoms with Crippen LogP contribution in [0.15, 0.2) is 24.3 Å². The van der Waals surface area contributed by atoms with Gasteiger partial charge in [0.15, 0.2) is 11.9 Å². The molecule has 19 heavy (non-hydrogen) atoms. The molecule has 0 aliphatic heterocycles. The molecule has 0 amide bonds. The molecule has 98 valence electrons. The normalized spacial score (nSPS) is 17.5. The first-order chi connectivity index (χ1) is 9.08. The molecule has 2 aromatic rings. The van der Waals surface area contributed by atoms with Gasteiger partial charge in [0.05, 0.1) is 17.9 Å². The third-order valence-corrected chi connectivity index (χ3v) is 3.22. The Balaban J connectivity index is 2.16. The number of nitrogens with one attached hydrogen (secondary N) is 1. The van der Waals surface area contributed by atoms with Gasteiger partial charge in [0, 0.05) is 11.1 Å². The van der Waals surface area contributed by atoms with E-state index >= 15 is 0 Å². The number of hydrogen-bond donors (Lipinski definition) is 2. The molecule has 5 heteroatoms. The minimum atomic E-state index is -1.15. The van der Waals surface area contributed by atoms with Crippen LogP contribution in [0, 0.1) is 0 Å². The van der Waals surface area contributed by atoms with Crippen molar-refractivity contribution < 1.29 is 9.90 Å². The molecular formula is C14H15N3O2. The van der Waals surface area contributed by atoms with Gasteiger partial charge in [-0.3, -0.25) is 4.79 Å². The van der Waals surface area contributed by atoms with Gasteiger partial charge in [-0.15, -0.1) is 0 Å². The smallest absolute Gasteiger partial charge is 0.198 e. The number of rotatable bonds is 2. The van der Waals surface area contributed by atoms with E-state index in [1.165, 1.54) is 0 Å². The van der Waals surface area contributed by atoms with E-state index in [9.17, 15) is 9.90 Å². The quantitative estimate of drug-likeness (QED) is 0.852. The van der Waals surface area contributed by atoms with Crippen LogP contribution in [-0.2, 0) is 6.54 Å². The highest BCUT2D eigenvalue weighted by atomic mass is 16.3. The van der Waals surface area contributed by atoms with Crippen molar-refractivity contribution in [2.45, 2.75) is 12.6 Å². The van der Waals surface area contributed by atoms with Gasteiger partial charge in [-0.1, -0.05) is 24.3 Å². The molecule has 1 aromatic carbocycles. The molecule has 5 nitrogen and oxygen atoms in total. The van der Waals surface area contributed by atoms with Gasteiger partial charge in [0.1, 0.15) is 5.82 Å². The lowest BCUT2D eigenvalue weighted by molar-refractivity contribution is 0.0736. The molecular weight excluding hydrogens is 242 g/mol. The maximum atomic E-state index is 12.1. The number of benzene rings is 1. The van der Waals surface area contributed by atoms with Crippen LogP contribution in [0.2, 0.25) is 0 Å². The molecule has 1 unspecified atom stereocenters. The monoisotopic (exact) mass is 257 g/mol. The summed E-state index contributed by atoms with van der Waals surface area (Å²) in [6.07, 6.45) is -1.15. The molecule has 0 radical (unpaired) electrons. The van der Waals surface area contributed by atoms with E-state index in [0.29, 0.717) is 23.5 Å². The molecule has 3 rings (SSSR count). The zero-order chi connectivity index (χ0) is 13.6. The third kappa shape index (κ3) is 1.87. The van der Waals surface area contributed by atoms with Crippen molar-refractivity contribution in [3.63, 3.8) is 0 Å². The predicted octanol–water partition coefficient (Wildman–Crippen LogP) is 1.37. The first kappa shape index (κ1) is 12.1. The van der Waals surface area contributed by atoms with Crippen LogP contribution in [0.3, 0.4) is 0 Å². The van der Waals surface area contributed by atoms with Crippen molar-refractivity contribution >= 4 is 5.78 Å². The van der Waals surface area contributed by atoms with E-state index in [1.807, 2.05) is 31.1 Å². The Kier molecular flexibility index (Phi) is 2.73. The number of imidazole rings is 1. The Hall–Kier alpha value is -1.98. The summed E-state index contributed by atoms with van der Waals surface area (Å²) in [5.74, 6) is 0.474. The second-order valence-electron chi connectivity index (χ2n) is 5.00. The second kappa shape index (κ2) is 4.29. The van der Waals surface area contributed by atoms with Gasteiger partial charge >= 0.3 is 0 Å². The highest BCUT2D eigenvalue weighted by molar-refractivity contribution is 6.08. The Morgan fingerprint density at radius 3 is 2.68 bits per heavy atom. The van der Waals surface area contributed by atoms with Gasteiger partial charge < -0.3 is 15.0 Å². The summed E-state index contributed by atoms with van der Waals surface area (Å²) >= 11 is 0. The van der Waals surface area contributed by atoms with Crippen LogP contribution < -0.4 is 0 Å². The van der Waals surface area contributed by atoms with Crippen molar-refractivity contribution in [3.05, 3.63) is 41.3 Å². The van der Waals surface area contributed by atoms with E-state index in [2.05, 4.69) is 9.97 Å². The van der Waals surface area contributed by atoms with Crippen molar-refractivity contribution in [3.8, 4) is 11.3 Å². The predicted molar refractivity (Wildman–Crippen MR) is 70.7 cm³/mol. The van der Waals surface area contributed by atoms with E-state index in [4.69, 9.17) is 0 Å². The zero-order valence-corrected chi connectivity index (χ0v) is 10.8. The minimum Gasteiger partial charge on any atom is -0.379 e. The largest absolute Gasteiger partial charge is 0.379 e. The average molecular weight is 257 g/mol. The number of ketones is 1. The van der Waals surface area contributed by atoms with Crippen molar-refractivity contribution in [1.29, 1.82) is 0 Å². The van der Waals surface area contributed by atoms with Gasteiger partial charge in [-0.25, -0.2) is 4.98 Å². The topological polar surface area (TPSA) is 69.2 Å². The summed E-state index contributed by atoms with van der Waals surface area (Å²) in [6.45, 7) is 0.635. The average Bonchev–Trinajstić information content (AvgIpc) is 2.79. The van der Waals surface area contributed by atoms with E-state index in [-0.39, 0.29) is 5.78 Å². The SMILES string of the molecule is CN(C)Cc1nc2c([nH]1)C(O)C(=O)c1ccccc1-2. The second-order valence-corrected chi connectivity index (χ2v) is 5.00. The number of carbonyl (C=O) groups excluding carboxylic acids is 1. The lowest BCUT2D eigenvalue weighted by Crippen LogP contribution is -2.19. The summed E-state index contributed by atoms with van der Waals surface area (Å²) in [7, 11) is 3.88. The number of H-pyrrole nitrogens is 1. The number of fused-ring (bicyclic) bond motifs is 3. The third-order valence-electron chi connectivity index (χ3n) is 3.22. The maximum absolute atomic E-state index is 12.1. The summed E-state index contributed by atoms with van der Waals surface area (Å²) in [5.41, 5.74) is 2.50. The summed E-state index contributed by atoms with van der Waals surface area (Å²) < 4.78 is 0.